The number of fused-ring (bicyclic) bond motifs is 1. The van der Waals surface area contributed by atoms with Crippen molar-refractivity contribution in [2.24, 2.45) is 11.8 Å². The Labute approximate surface area is 156 Å². The predicted molar refractivity (Wildman–Crippen MR) is 102 cm³/mol. The summed E-state index contributed by atoms with van der Waals surface area (Å²) in [6.45, 7) is 9.05. The van der Waals surface area contributed by atoms with Crippen LogP contribution in [0.15, 0.2) is 29.2 Å². The third kappa shape index (κ3) is 4.45. The lowest BCUT2D eigenvalue weighted by Gasteiger charge is -2.22. The second-order valence-electron chi connectivity index (χ2n) is 8.43. The van der Waals surface area contributed by atoms with Gasteiger partial charge in [-0.15, -0.1) is 0 Å². The Bertz CT molecular complexity index is 739. The largest absolute Gasteiger partial charge is 0.339 e. The Balaban J connectivity index is 1.69. The van der Waals surface area contributed by atoms with E-state index in [1.54, 1.807) is 32.9 Å². The van der Waals surface area contributed by atoms with Crippen LogP contribution in [0.25, 0.3) is 0 Å². The third-order valence-electron chi connectivity index (χ3n) is 5.16. The lowest BCUT2D eigenvalue weighted by Crippen LogP contribution is -2.40. The van der Waals surface area contributed by atoms with Crippen LogP contribution in [0.1, 0.15) is 44.0 Å². The maximum Gasteiger partial charge on any atom is 0.253 e. The quantitative estimate of drug-likeness (QED) is 0.840. The minimum atomic E-state index is -3.58. The highest BCUT2D eigenvalue weighted by Gasteiger charge is 2.31. The van der Waals surface area contributed by atoms with Gasteiger partial charge in [-0.05, 0) is 82.8 Å². The Morgan fingerprint density at radius 2 is 1.62 bits per heavy atom. The molecule has 3 rings (SSSR count). The average Bonchev–Trinajstić information content (AvgIpc) is 2.91. The summed E-state index contributed by atoms with van der Waals surface area (Å²) in [5.41, 5.74) is -0.00311. The van der Waals surface area contributed by atoms with Crippen LogP contribution in [0.4, 0.5) is 0 Å². The highest BCUT2D eigenvalue weighted by atomic mass is 32.2. The van der Waals surface area contributed by atoms with E-state index in [1.165, 1.54) is 12.1 Å². The minimum Gasteiger partial charge on any atom is -0.339 e. The van der Waals surface area contributed by atoms with Crippen molar-refractivity contribution in [3.8, 4) is 0 Å². The lowest BCUT2D eigenvalue weighted by atomic mass is 9.92. The maximum atomic E-state index is 12.8. The molecule has 0 radical (unpaired) electrons. The fraction of sp³-hybridized carbons (Fsp3) is 0.632. The summed E-state index contributed by atoms with van der Waals surface area (Å²) >= 11 is 0. The van der Waals surface area contributed by atoms with Crippen LogP contribution in [0.2, 0.25) is 0 Å². The highest BCUT2D eigenvalue weighted by Crippen LogP contribution is 2.27. The molecule has 0 saturated carbocycles. The maximum absolute atomic E-state index is 12.8. The van der Waals surface area contributed by atoms with Gasteiger partial charge >= 0.3 is 0 Å². The summed E-state index contributed by atoms with van der Waals surface area (Å²) in [6, 6.07) is 6.26. The van der Waals surface area contributed by atoms with Gasteiger partial charge in [0.15, 0.2) is 0 Å². The molecule has 2 aliphatic rings. The number of rotatable bonds is 3. The topological polar surface area (TPSA) is 78.5 Å². The molecular formula is C19H29N3O3S. The standard InChI is InChI=1S/C19H29N3O3S/c1-19(2,3)21-26(24,25)17-6-4-14(5-7-17)18(23)22-10-8-15-12-20-13-16(15)9-11-22/h4-7,15-16,20-21H,8-13H2,1-3H3/t15-,16+. The molecule has 0 unspecified atom stereocenters. The summed E-state index contributed by atoms with van der Waals surface area (Å²) in [5.74, 6) is 1.33. The number of likely N-dealkylation sites (tertiary alicyclic amines) is 1. The first-order chi connectivity index (χ1) is 12.2. The molecule has 2 atom stereocenters. The van der Waals surface area contributed by atoms with Crippen molar-refractivity contribution in [2.75, 3.05) is 26.2 Å². The first-order valence-electron chi connectivity index (χ1n) is 9.30. The lowest BCUT2D eigenvalue weighted by molar-refractivity contribution is 0.0758. The molecule has 2 heterocycles. The molecule has 144 valence electrons. The van der Waals surface area contributed by atoms with E-state index in [0.29, 0.717) is 17.4 Å². The fourth-order valence-corrected chi connectivity index (χ4v) is 5.26. The number of nitrogens with one attached hydrogen (secondary N) is 2. The van der Waals surface area contributed by atoms with Gasteiger partial charge < -0.3 is 10.2 Å². The SMILES string of the molecule is CC(C)(C)NS(=O)(=O)c1ccc(C(=O)N2CC[C@@H]3CNC[C@@H]3CC2)cc1. The zero-order valence-corrected chi connectivity index (χ0v) is 16.6. The molecule has 7 heteroatoms. The molecule has 2 fully saturated rings. The van der Waals surface area contributed by atoms with Gasteiger partial charge in [-0.1, -0.05) is 0 Å². The summed E-state index contributed by atoms with van der Waals surface area (Å²) in [5, 5.41) is 3.44. The molecule has 6 nitrogen and oxygen atoms in total. The van der Waals surface area contributed by atoms with Gasteiger partial charge in [-0.25, -0.2) is 13.1 Å². The van der Waals surface area contributed by atoms with Gasteiger partial charge in [-0.2, -0.15) is 0 Å². The number of nitrogens with zero attached hydrogens (tertiary/aromatic N) is 1. The number of amides is 1. The number of carbonyl (C=O) groups is 1. The molecule has 1 aromatic carbocycles. The third-order valence-corrected chi connectivity index (χ3v) is 6.93. The van der Waals surface area contributed by atoms with E-state index in [1.807, 2.05) is 4.90 Å². The van der Waals surface area contributed by atoms with Crippen LogP contribution in [0, 0.1) is 11.8 Å². The Kier molecular flexibility index (Phi) is 5.42. The Hall–Kier alpha value is -1.44. The van der Waals surface area contributed by atoms with Gasteiger partial charge in [0.05, 0.1) is 4.90 Å². The Morgan fingerprint density at radius 1 is 1.08 bits per heavy atom. The van der Waals surface area contributed by atoms with Gasteiger partial charge in [0.1, 0.15) is 0 Å². The van der Waals surface area contributed by atoms with Gasteiger partial charge in [0.2, 0.25) is 10.0 Å². The zero-order chi connectivity index (χ0) is 18.9. The molecule has 0 spiro atoms. The summed E-state index contributed by atoms with van der Waals surface area (Å²) < 4.78 is 27.4. The number of hydrogen-bond donors (Lipinski definition) is 2. The van der Waals surface area contributed by atoms with Gasteiger partial charge in [0, 0.05) is 24.2 Å². The van der Waals surface area contributed by atoms with Gasteiger partial charge in [-0.3, -0.25) is 4.79 Å². The van der Waals surface area contributed by atoms with Crippen molar-refractivity contribution in [2.45, 2.75) is 44.0 Å². The molecule has 0 bridgehead atoms. The van der Waals surface area contributed by atoms with E-state index in [9.17, 15) is 13.2 Å². The molecule has 2 saturated heterocycles. The summed E-state index contributed by atoms with van der Waals surface area (Å²) in [4.78, 5) is 14.9. The molecule has 2 N–H and O–H groups in total. The molecule has 0 aromatic heterocycles. The van der Waals surface area contributed by atoms with Crippen molar-refractivity contribution in [3.05, 3.63) is 29.8 Å². The average molecular weight is 380 g/mol. The van der Waals surface area contributed by atoms with Crippen LogP contribution in [-0.2, 0) is 10.0 Å². The molecular weight excluding hydrogens is 350 g/mol. The van der Waals surface area contributed by atoms with E-state index >= 15 is 0 Å². The molecule has 26 heavy (non-hydrogen) atoms. The van der Waals surface area contributed by atoms with Crippen molar-refractivity contribution >= 4 is 15.9 Å². The van der Waals surface area contributed by atoms with Crippen molar-refractivity contribution in [1.82, 2.24) is 14.9 Å². The second kappa shape index (κ2) is 7.29. The van der Waals surface area contributed by atoms with Crippen LogP contribution < -0.4 is 10.0 Å². The van der Waals surface area contributed by atoms with E-state index in [2.05, 4.69) is 10.0 Å². The van der Waals surface area contributed by atoms with E-state index in [-0.39, 0.29) is 10.8 Å². The smallest absolute Gasteiger partial charge is 0.253 e. The highest BCUT2D eigenvalue weighted by molar-refractivity contribution is 7.89. The van der Waals surface area contributed by atoms with Crippen molar-refractivity contribution in [3.63, 3.8) is 0 Å². The number of hydrogen-bond acceptors (Lipinski definition) is 4. The monoisotopic (exact) mass is 379 g/mol. The van der Waals surface area contributed by atoms with Crippen LogP contribution in [-0.4, -0.2) is 50.9 Å². The Morgan fingerprint density at radius 3 is 2.12 bits per heavy atom. The first kappa shape index (κ1) is 19.3. The minimum absolute atomic E-state index is 0.00865. The fourth-order valence-electron chi connectivity index (χ4n) is 3.84. The number of carbonyl (C=O) groups excluding carboxylic acids is 1. The molecule has 0 aliphatic carbocycles. The van der Waals surface area contributed by atoms with Crippen molar-refractivity contribution < 1.29 is 13.2 Å². The van der Waals surface area contributed by atoms with E-state index in [0.717, 1.165) is 39.0 Å². The van der Waals surface area contributed by atoms with Crippen LogP contribution in [0.5, 0.6) is 0 Å². The number of sulfonamides is 1. The molecule has 2 aliphatic heterocycles. The van der Waals surface area contributed by atoms with Crippen LogP contribution >= 0.6 is 0 Å². The normalized spacial score (nSPS) is 24.2. The second-order valence-corrected chi connectivity index (χ2v) is 10.1. The van der Waals surface area contributed by atoms with E-state index < -0.39 is 15.6 Å². The van der Waals surface area contributed by atoms with E-state index in [4.69, 9.17) is 0 Å². The van der Waals surface area contributed by atoms with Gasteiger partial charge in [0.25, 0.3) is 5.91 Å². The van der Waals surface area contributed by atoms with Crippen LogP contribution in [0.3, 0.4) is 0 Å². The summed E-state index contributed by atoms with van der Waals surface area (Å²) in [6.07, 6.45) is 2.07. The molecule has 1 amide bonds. The predicted octanol–water partition coefficient (Wildman–Crippen LogP) is 1.83. The number of benzene rings is 1. The van der Waals surface area contributed by atoms with Crippen molar-refractivity contribution in [1.29, 1.82) is 0 Å². The molecule has 1 aromatic rings. The first-order valence-corrected chi connectivity index (χ1v) is 10.8. The zero-order valence-electron chi connectivity index (χ0n) is 15.8. The summed E-state index contributed by atoms with van der Waals surface area (Å²) in [7, 11) is -3.58.